The summed E-state index contributed by atoms with van der Waals surface area (Å²) < 4.78 is 5.22. The van der Waals surface area contributed by atoms with Gasteiger partial charge >= 0.3 is 5.97 Å². The van der Waals surface area contributed by atoms with Crippen LogP contribution in [-0.4, -0.2) is 19.0 Å². The Bertz CT molecular complexity index is 1160. The third-order valence-electron chi connectivity index (χ3n) is 5.54. The molecule has 1 aliphatic heterocycles. The van der Waals surface area contributed by atoms with E-state index in [9.17, 15) is 9.59 Å². The monoisotopic (exact) mass is 432 g/mol. The van der Waals surface area contributed by atoms with E-state index in [0.29, 0.717) is 21.8 Å². The first-order chi connectivity index (χ1) is 15.0. The van der Waals surface area contributed by atoms with Crippen molar-refractivity contribution in [3.63, 3.8) is 0 Å². The van der Waals surface area contributed by atoms with Crippen molar-refractivity contribution in [2.45, 2.75) is 11.5 Å². The maximum Gasteiger partial charge on any atom is 0.316 e. The van der Waals surface area contributed by atoms with Gasteiger partial charge in [0.05, 0.1) is 12.6 Å². The summed E-state index contributed by atoms with van der Waals surface area (Å²) in [5.41, 5.74) is 7.81. The Labute approximate surface area is 185 Å². The van der Waals surface area contributed by atoms with Gasteiger partial charge in [0, 0.05) is 21.8 Å². The van der Waals surface area contributed by atoms with E-state index in [1.807, 2.05) is 66.7 Å². The molecule has 0 saturated heterocycles. The summed E-state index contributed by atoms with van der Waals surface area (Å²) in [5.74, 6) is -1.83. The van der Waals surface area contributed by atoms with Crippen molar-refractivity contribution in [3.8, 4) is 0 Å². The number of carbonyl (C=O) groups excluding carboxylic acids is 2. The fraction of sp³-hybridized carbons (Fsp3) is 0.120. The normalized spacial score (nSPS) is 18.2. The Morgan fingerprint density at radius 2 is 1.61 bits per heavy atom. The zero-order valence-corrected chi connectivity index (χ0v) is 17.6. The number of fused-ring (bicyclic) bond motifs is 1. The minimum atomic E-state index is -1.14. The number of rotatable bonds is 5. The Kier molecular flexibility index (Phi) is 5.53. The van der Waals surface area contributed by atoms with E-state index in [2.05, 4.69) is 5.32 Å². The molecule has 3 aromatic rings. The number of nitrogens with two attached hydrogens (primary N) is 1. The molecular weight excluding hydrogens is 412 g/mol. The van der Waals surface area contributed by atoms with Crippen LogP contribution in [0, 0.1) is 0 Å². The SMILES string of the molecule is COC(=O)C(c1ccccc1)C1(c2ccc(Cl)cc2)C=C(C(N)=O)c2ccccc2N1. The highest BCUT2D eigenvalue weighted by Gasteiger charge is 2.47. The molecule has 0 bridgehead atoms. The summed E-state index contributed by atoms with van der Waals surface area (Å²) in [5, 5.41) is 4.08. The first-order valence-corrected chi connectivity index (χ1v) is 10.1. The van der Waals surface area contributed by atoms with Gasteiger partial charge in [-0.05, 0) is 35.4 Å². The second-order valence-corrected chi connectivity index (χ2v) is 7.77. The lowest BCUT2D eigenvalue weighted by atomic mass is 9.71. The van der Waals surface area contributed by atoms with Crippen LogP contribution in [0.3, 0.4) is 0 Å². The van der Waals surface area contributed by atoms with Crippen molar-refractivity contribution in [1.29, 1.82) is 0 Å². The maximum absolute atomic E-state index is 13.2. The van der Waals surface area contributed by atoms with Crippen LogP contribution in [0.4, 0.5) is 5.69 Å². The number of carbonyl (C=O) groups is 2. The first-order valence-electron chi connectivity index (χ1n) is 9.75. The Morgan fingerprint density at radius 3 is 2.26 bits per heavy atom. The van der Waals surface area contributed by atoms with E-state index >= 15 is 0 Å². The Hall–Kier alpha value is -3.57. The zero-order chi connectivity index (χ0) is 22.0. The fourth-order valence-corrected chi connectivity index (χ4v) is 4.27. The number of hydrogen-bond acceptors (Lipinski definition) is 4. The van der Waals surface area contributed by atoms with Gasteiger partial charge in [-0.15, -0.1) is 0 Å². The smallest absolute Gasteiger partial charge is 0.316 e. The van der Waals surface area contributed by atoms with Gasteiger partial charge in [-0.25, -0.2) is 0 Å². The number of amides is 1. The molecule has 0 radical (unpaired) electrons. The number of hydrogen-bond donors (Lipinski definition) is 2. The molecule has 0 spiro atoms. The number of para-hydroxylation sites is 1. The van der Waals surface area contributed by atoms with Crippen molar-refractivity contribution in [1.82, 2.24) is 0 Å². The molecule has 4 rings (SSSR count). The average molecular weight is 433 g/mol. The molecule has 156 valence electrons. The van der Waals surface area contributed by atoms with Crippen LogP contribution in [0.15, 0.2) is 84.9 Å². The summed E-state index contributed by atoms with van der Waals surface area (Å²) in [6.07, 6.45) is 1.73. The molecule has 3 N–H and O–H groups in total. The van der Waals surface area contributed by atoms with Crippen LogP contribution in [0.1, 0.15) is 22.6 Å². The van der Waals surface area contributed by atoms with E-state index in [4.69, 9.17) is 22.1 Å². The predicted molar refractivity (Wildman–Crippen MR) is 122 cm³/mol. The van der Waals surface area contributed by atoms with Gasteiger partial charge in [-0.1, -0.05) is 72.3 Å². The number of ether oxygens (including phenoxy) is 1. The van der Waals surface area contributed by atoms with Gasteiger partial charge in [0.25, 0.3) is 0 Å². The minimum Gasteiger partial charge on any atom is -0.468 e. The van der Waals surface area contributed by atoms with Crippen molar-refractivity contribution < 1.29 is 14.3 Å². The maximum atomic E-state index is 13.2. The summed E-state index contributed by atoms with van der Waals surface area (Å²) in [7, 11) is 1.35. The molecule has 2 atom stereocenters. The second kappa shape index (κ2) is 8.28. The number of anilines is 1. The van der Waals surface area contributed by atoms with E-state index in [1.165, 1.54) is 7.11 Å². The standard InChI is InChI=1S/C25H21ClN2O3/c1-31-24(30)22(16-7-3-2-4-8-16)25(17-11-13-18(26)14-12-17)15-20(23(27)29)19-9-5-6-10-21(19)28-25/h2-15,22,28H,1H3,(H2,27,29). The lowest BCUT2D eigenvalue weighted by Gasteiger charge is -2.43. The zero-order valence-electron chi connectivity index (χ0n) is 16.8. The quantitative estimate of drug-likeness (QED) is 0.582. The molecule has 2 unspecified atom stereocenters. The number of nitrogens with one attached hydrogen (secondary N) is 1. The van der Waals surface area contributed by atoms with Gasteiger partial charge < -0.3 is 15.8 Å². The second-order valence-electron chi connectivity index (χ2n) is 7.34. The average Bonchev–Trinajstić information content (AvgIpc) is 2.79. The molecule has 0 aromatic heterocycles. The molecule has 0 aliphatic carbocycles. The lowest BCUT2D eigenvalue weighted by Crippen LogP contribution is -2.46. The van der Waals surface area contributed by atoms with Gasteiger partial charge in [0.15, 0.2) is 0 Å². The number of halogens is 1. The van der Waals surface area contributed by atoms with Crippen LogP contribution in [0.5, 0.6) is 0 Å². The van der Waals surface area contributed by atoms with Crippen LogP contribution in [0.25, 0.3) is 5.57 Å². The van der Waals surface area contributed by atoms with Gasteiger partial charge in [-0.2, -0.15) is 0 Å². The summed E-state index contributed by atoms with van der Waals surface area (Å²) in [6, 6.07) is 23.8. The number of benzene rings is 3. The molecule has 6 heteroatoms. The Morgan fingerprint density at radius 1 is 0.968 bits per heavy atom. The van der Waals surface area contributed by atoms with E-state index < -0.39 is 23.3 Å². The summed E-state index contributed by atoms with van der Waals surface area (Å²) in [6.45, 7) is 0. The largest absolute Gasteiger partial charge is 0.468 e. The van der Waals surface area contributed by atoms with Crippen molar-refractivity contribution >= 4 is 34.7 Å². The van der Waals surface area contributed by atoms with Gasteiger partial charge in [0.2, 0.25) is 5.91 Å². The summed E-state index contributed by atoms with van der Waals surface area (Å²) in [4.78, 5) is 25.7. The molecule has 1 amide bonds. The summed E-state index contributed by atoms with van der Waals surface area (Å²) >= 11 is 6.14. The predicted octanol–water partition coefficient (Wildman–Crippen LogP) is 4.49. The molecule has 3 aromatic carbocycles. The van der Waals surface area contributed by atoms with Crippen LogP contribution < -0.4 is 11.1 Å². The molecule has 1 aliphatic rings. The van der Waals surface area contributed by atoms with Crippen LogP contribution >= 0.6 is 11.6 Å². The highest BCUT2D eigenvalue weighted by molar-refractivity contribution is 6.30. The lowest BCUT2D eigenvalue weighted by molar-refractivity contribution is -0.143. The van der Waals surface area contributed by atoms with Crippen LogP contribution in [-0.2, 0) is 19.9 Å². The third-order valence-corrected chi connectivity index (χ3v) is 5.80. The van der Waals surface area contributed by atoms with E-state index in [0.717, 1.165) is 11.1 Å². The van der Waals surface area contributed by atoms with E-state index in [1.54, 1.807) is 18.2 Å². The number of primary amides is 1. The molecular formula is C25H21ClN2O3. The third kappa shape index (κ3) is 3.68. The van der Waals surface area contributed by atoms with Gasteiger partial charge in [0.1, 0.15) is 5.92 Å². The van der Waals surface area contributed by atoms with Crippen LogP contribution in [0.2, 0.25) is 5.02 Å². The molecule has 1 heterocycles. The van der Waals surface area contributed by atoms with Crippen molar-refractivity contribution in [2.75, 3.05) is 12.4 Å². The van der Waals surface area contributed by atoms with Crippen molar-refractivity contribution in [2.24, 2.45) is 5.73 Å². The molecule has 31 heavy (non-hydrogen) atoms. The molecule has 5 nitrogen and oxygen atoms in total. The van der Waals surface area contributed by atoms with Gasteiger partial charge in [-0.3, -0.25) is 9.59 Å². The number of methoxy groups -OCH3 is 1. The van der Waals surface area contributed by atoms with Crippen molar-refractivity contribution in [3.05, 3.63) is 107 Å². The fourth-order valence-electron chi connectivity index (χ4n) is 4.15. The highest BCUT2D eigenvalue weighted by Crippen LogP contribution is 2.47. The highest BCUT2D eigenvalue weighted by atomic mass is 35.5. The first kappa shape index (κ1) is 20.7. The number of esters is 1. The molecule has 0 fully saturated rings. The Balaban J connectivity index is 2.06. The van der Waals surface area contributed by atoms with E-state index in [-0.39, 0.29) is 0 Å². The molecule has 0 saturated carbocycles. The topological polar surface area (TPSA) is 81.4 Å². The minimum absolute atomic E-state index is 0.328.